The lowest BCUT2D eigenvalue weighted by Crippen LogP contribution is -1.95. The molecule has 0 unspecified atom stereocenters. The Morgan fingerprint density at radius 2 is 1.67 bits per heavy atom. The van der Waals surface area contributed by atoms with Crippen molar-refractivity contribution in [1.82, 2.24) is 10.2 Å². The highest BCUT2D eigenvalue weighted by molar-refractivity contribution is 5.89. The van der Waals surface area contributed by atoms with Gasteiger partial charge in [0.25, 0.3) is 0 Å². The summed E-state index contributed by atoms with van der Waals surface area (Å²) < 4.78 is 5.48. The van der Waals surface area contributed by atoms with Gasteiger partial charge < -0.3 is 9.52 Å². The number of nitrogens with zero attached hydrogens (tertiary/aromatic N) is 2. The smallest absolute Gasteiger partial charge is 0.335 e. The summed E-state index contributed by atoms with van der Waals surface area (Å²) in [6.45, 7) is 1.74. The SMILES string of the molecule is Cc1nnc(-c2ccccc2-c2ccc(C(=O)O)cc2)o1. The maximum absolute atomic E-state index is 10.9. The molecule has 3 rings (SSSR count). The molecule has 0 saturated carbocycles. The maximum atomic E-state index is 10.9. The lowest BCUT2D eigenvalue weighted by molar-refractivity contribution is 0.0697. The van der Waals surface area contributed by atoms with E-state index < -0.39 is 5.97 Å². The lowest BCUT2D eigenvalue weighted by Gasteiger charge is -2.06. The third kappa shape index (κ3) is 2.53. The third-order valence-corrected chi connectivity index (χ3v) is 3.13. The van der Waals surface area contributed by atoms with Gasteiger partial charge in [0.05, 0.1) is 5.56 Å². The topological polar surface area (TPSA) is 76.2 Å². The molecule has 1 N–H and O–H groups in total. The first-order valence-corrected chi connectivity index (χ1v) is 6.38. The number of aromatic carboxylic acids is 1. The fourth-order valence-electron chi connectivity index (χ4n) is 2.12. The van der Waals surface area contributed by atoms with Crippen LogP contribution in [0.25, 0.3) is 22.6 Å². The van der Waals surface area contributed by atoms with Crippen LogP contribution in [0.1, 0.15) is 16.2 Å². The van der Waals surface area contributed by atoms with Crippen LogP contribution in [-0.4, -0.2) is 21.3 Å². The zero-order valence-electron chi connectivity index (χ0n) is 11.3. The van der Waals surface area contributed by atoms with E-state index in [1.807, 2.05) is 24.3 Å². The Hall–Kier alpha value is -2.95. The number of hydrogen-bond donors (Lipinski definition) is 1. The van der Waals surface area contributed by atoms with E-state index >= 15 is 0 Å². The van der Waals surface area contributed by atoms with Crippen LogP contribution in [0.5, 0.6) is 0 Å². The molecular weight excluding hydrogens is 268 g/mol. The molecule has 104 valence electrons. The van der Waals surface area contributed by atoms with Gasteiger partial charge >= 0.3 is 5.97 Å². The van der Waals surface area contributed by atoms with E-state index in [1.165, 1.54) is 0 Å². The van der Waals surface area contributed by atoms with Crippen molar-refractivity contribution in [2.45, 2.75) is 6.92 Å². The van der Waals surface area contributed by atoms with Gasteiger partial charge in [-0.15, -0.1) is 10.2 Å². The zero-order valence-corrected chi connectivity index (χ0v) is 11.3. The van der Waals surface area contributed by atoms with Gasteiger partial charge in [-0.3, -0.25) is 0 Å². The molecule has 5 heteroatoms. The van der Waals surface area contributed by atoms with Crippen LogP contribution >= 0.6 is 0 Å². The number of hydrogen-bond acceptors (Lipinski definition) is 4. The largest absolute Gasteiger partial charge is 0.478 e. The molecule has 5 nitrogen and oxygen atoms in total. The summed E-state index contributed by atoms with van der Waals surface area (Å²) in [4.78, 5) is 10.9. The fourth-order valence-corrected chi connectivity index (χ4v) is 2.12. The monoisotopic (exact) mass is 280 g/mol. The van der Waals surface area contributed by atoms with E-state index in [2.05, 4.69) is 10.2 Å². The predicted molar refractivity (Wildman–Crippen MR) is 76.9 cm³/mol. The van der Waals surface area contributed by atoms with Crippen molar-refractivity contribution in [2.75, 3.05) is 0 Å². The number of aryl methyl sites for hydroxylation is 1. The summed E-state index contributed by atoms with van der Waals surface area (Å²) in [5.41, 5.74) is 2.88. The number of carbonyl (C=O) groups is 1. The van der Waals surface area contributed by atoms with Crippen molar-refractivity contribution in [3.05, 3.63) is 60.0 Å². The van der Waals surface area contributed by atoms with E-state index in [9.17, 15) is 4.79 Å². The van der Waals surface area contributed by atoms with Crippen molar-refractivity contribution in [1.29, 1.82) is 0 Å². The standard InChI is InChI=1S/C16H12N2O3/c1-10-17-18-15(21-10)14-5-3-2-4-13(14)11-6-8-12(9-7-11)16(19)20/h2-9H,1H3,(H,19,20). The minimum Gasteiger partial charge on any atom is -0.478 e. The Kier molecular flexibility index (Phi) is 3.23. The Morgan fingerprint density at radius 1 is 1.00 bits per heavy atom. The maximum Gasteiger partial charge on any atom is 0.335 e. The van der Waals surface area contributed by atoms with E-state index in [4.69, 9.17) is 9.52 Å². The van der Waals surface area contributed by atoms with Crippen LogP contribution in [0, 0.1) is 6.92 Å². The Morgan fingerprint density at radius 3 is 2.24 bits per heavy atom. The molecule has 0 amide bonds. The summed E-state index contributed by atoms with van der Waals surface area (Å²) in [5.74, 6) is 0.00815. The molecule has 0 aliphatic rings. The van der Waals surface area contributed by atoms with Crippen molar-refractivity contribution in [2.24, 2.45) is 0 Å². The van der Waals surface area contributed by atoms with Gasteiger partial charge in [0.1, 0.15) is 0 Å². The molecule has 2 aromatic carbocycles. The summed E-state index contributed by atoms with van der Waals surface area (Å²) >= 11 is 0. The molecule has 0 atom stereocenters. The number of benzene rings is 2. The van der Waals surface area contributed by atoms with Gasteiger partial charge in [-0.25, -0.2) is 4.79 Å². The van der Waals surface area contributed by atoms with Gasteiger partial charge in [0.15, 0.2) is 0 Å². The summed E-state index contributed by atoms with van der Waals surface area (Å²) in [7, 11) is 0. The van der Waals surface area contributed by atoms with E-state index in [1.54, 1.807) is 31.2 Å². The summed E-state index contributed by atoms with van der Waals surface area (Å²) in [6.07, 6.45) is 0. The molecule has 21 heavy (non-hydrogen) atoms. The minimum absolute atomic E-state index is 0.255. The number of carboxylic acids is 1. The highest BCUT2D eigenvalue weighted by Crippen LogP contribution is 2.31. The number of carboxylic acid groups (broad SMARTS) is 1. The summed E-state index contributed by atoms with van der Waals surface area (Å²) in [6, 6.07) is 14.3. The second kappa shape index (κ2) is 5.20. The quantitative estimate of drug-likeness (QED) is 0.795. The van der Waals surface area contributed by atoms with Crippen LogP contribution in [0.4, 0.5) is 0 Å². The molecule has 0 radical (unpaired) electrons. The summed E-state index contributed by atoms with van der Waals surface area (Å²) in [5, 5.41) is 16.8. The molecule has 0 fully saturated rings. The number of rotatable bonds is 3. The van der Waals surface area contributed by atoms with Crippen molar-refractivity contribution < 1.29 is 14.3 Å². The second-order valence-electron chi connectivity index (χ2n) is 4.55. The third-order valence-electron chi connectivity index (χ3n) is 3.13. The van der Waals surface area contributed by atoms with Crippen LogP contribution in [-0.2, 0) is 0 Å². The molecule has 0 bridgehead atoms. The Balaban J connectivity index is 2.08. The van der Waals surface area contributed by atoms with E-state index in [0.29, 0.717) is 11.8 Å². The second-order valence-corrected chi connectivity index (χ2v) is 4.55. The van der Waals surface area contributed by atoms with Gasteiger partial charge in [0, 0.05) is 12.5 Å². The predicted octanol–water partition coefficient (Wildman–Crippen LogP) is 3.41. The first kappa shape index (κ1) is 13.1. The lowest BCUT2D eigenvalue weighted by atomic mass is 9.98. The highest BCUT2D eigenvalue weighted by atomic mass is 16.4. The van der Waals surface area contributed by atoms with Crippen LogP contribution in [0.3, 0.4) is 0 Å². The Bertz CT molecular complexity index is 791. The van der Waals surface area contributed by atoms with Gasteiger partial charge in [-0.05, 0) is 29.3 Å². The molecule has 0 aliphatic carbocycles. The molecule has 1 heterocycles. The molecule has 0 spiro atoms. The molecule has 3 aromatic rings. The van der Waals surface area contributed by atoms with E-state index in [0.717, 1.165) is 16.7 Å². The molecule has 0 aliphatic heterocycles. The average molecular weight is 280 g/mol. The van der Waals surface area contributed by atoms with Crippen molar-refractivity contribution in [3.63, 3.8) is 0 Å². The fraction of sp³-hybridized carbons (Fsp3) is 0.0625. The van der Waals surface area contributed by atoms with Gasteiger partial charge in [-0.2, -0.15) is 0 Å². The first-order chi connectivity index (χ1) is 10.1. The zero-order chi connectivity index (χ0) is 14.8. The number of aromatic nitrogens is 2. The first-order valence-electron chi connectivity index (χ1n) is 6.38. The molecule has 0 saturated heterocycles. The van der Waals surface area contributed by atoms with Crippen LogP contribution in [0.15, 0.2) is 52.9 Å². The van der Waals surface area contributed by atoms with Crippen molar-refractivity contribution in [3.8, 4) is 22.6 Å². The van der Waals surface area contributed by atoms with Gasteiger partial charge in [-0.1, -0.05) is 30.3 Å². The van der Waals surface area contributed by atoms with E-state index in [-0.39, 0.29) is 5.56 Å². The van der Waals surface area contributed by atoms with Crippen molar-refractivity contribution >= 4 is 5.97 Å². The van der Waals surface area contributed by atoms with Crippen LogP contribution in [0.2, 0.25) is 0 Å². The van der Waals surface area contributed by atoms with Crippen LogP contribution < -0.4 is 0 Å². The highest BCUT2D eigenvalue weighted by Gasteiger charge is 2.12. The molecule has 1 aromatic heterocycles. The Labute approximate surface area is 120 Å². The molecular formula is C16H12N2O3. The average Bonchev–Trinajstić information content (AvgIpc) is 2.94. The minimum atomic E-state index is -0.942. The van der Waals surface area contributed by atoms with Gasteiger partial charge in [0.2, 0.25) is 11.8 Å². The normalized spacial score (nSPS) is 10.5.